The van der Waals surface area contributed by atoms with Crippen molar-refractivity contribution in [1.29, 1.82) is 0 Å². The molecule has 0 radical (unpaired) electrons. The van der Waals surface area contributed by atoms with Gasteiger partial charge < -0.3 is 15.0 Å². The number of fused-ring (bicyclic) bond motifs is 1. The molecule has 43 heavy (non-hydrogen) atoms. The molecule has 2 N–H and O–H groups in total. The lowest BCUT2D eigenvalue weighted by atomic mass is 9.86. The molecule has 0 saturated heterocycles. The summed E-state index contributed by atoms with van der Waals surface area (Å²) in [7, 11) is -1.92. The number of rotatable bonds is 6. The number of sulfone groups is 1. The third-order valence-electron chi connectivity index (χ3n) is 7.01. The fraction of sp³-hybridized carbons (Fsp3) is 0.233. The van der Waals surface area contributed by atoms with E-state index in [1.54, 1.807) is 6.07 Å². The van der Waals surface area contributed by atoms with E-state index in [2.05, 4.69) is 20.4 Å². The summed E-state index contributed by atoms with van der Waals surface area (Å²) in [5, 5.41) is 17.8. The summed E-state index contributed by atoms with van der Waals surface area (Å²) in [4.78, 5) is 35.0. The van der Waals surface area contributed by atoms with Crippen LogP contribution in [0.25, 0.3) is 27.7 Å². The number of pyridine rings is 3. The summed E-state index contributed by atoms with van der Waals surface area (Å²) in [6.45, 7) is 5.29. The van der Waals surface area contributed by atoms with Crippen LogP contribution in [0.3, 0.4) is 0 Å². The van der Waals surface area contributed by atoms with Gasteiger partial charge in [-0.2, -0.15) is 9.78 Å². The maximum atomic E-state index is 15.3. The van der Waals surface area contributed by atoms with Gasteiger partial charge in [-0.3, -0.25) is 14.6 Å². The molecule has 1 aromatic carbocycles. The summed E-state index contributed by atoms with van der Waals surface area (Å²) in [6.07, 6.45) is 6.60. The molecule has 11 nitrogen and oxygen atoms in total. The zero-order valence-corrected chi connectivity index (χ0v) is 24.9. The molecule has 0 atom stereocenters. The van der Waals surface area contributed by atoms with Crippen LogP contribution in [0.15, 0.2) is 75.7 Å². The minimum absolute atomic E-state index is 0.0281. The molecule has 0 amide bonds. The number of nitrogens with zero attached hydrogens (tertiary/aromatic N) is 5. The Kier molecular flexibility index (Phi) is 7.48. The van der Waals surface area contributed by atoms with Crippen LogP contribution in [0, 0.1) is 5.82 Å². The summed E-state index contributed by atoms with van der Waals surface area (Å²) >= 11 is 0. The molecule has 0 saturated carbocycles. The van der Waals surface area contributed by atoms with E-state index in [0.29, 0.717) is 10.9 Å². The second kappa shape index (κ2) is 10.8. The van der Waals surface area contributed by atoms with Crippen LogP contribution in [0.2, 0.25) is 0 Å². The van der Waals surface area contributed by atoms with Crippen LogP contribution in [0.5, 0.6) is 0 Å². The first-order valence-electron chi connectivity index (χ1n) is 13.1. The minimum atomic E-state index is -3.45. The standard InChI is InChI=1S/C30H29FN6O5S/c1-30(2,3)19-10-17-13-34-37(29(40)26(17)22(31)12-19)24-8-9-32-27(21(24)16-38)18-11-23(28(39)36(4)15-18)35-25-7-6-20(14-33-25)43(5,41)42/h6-15,38H,16H2,1-5H3,(H,33,35). The summed E-state index contributed by atoms with van der Waals surface area (Å²) in [5.74, 6) is -0.440. The Balaban J connectivity index is 1.61. The third-order valence-corrected chi connectivity index (χ3v) is 8.10. The first-order valence-corrected chi connectivity index (χ1v) is 15.0. The molecule has 222 valence electrons. The fourth-order valence-corrected chi connectivity index (χ4v) is 5.23. The number of aryl methyl sites for hydroxylation is 1. The molecule has 0 unspecified atom stereocenters. The number of hydrogen-bond donors (Lipinski definition) is 2. The number of anilines is 2. The molecule has 0 aliphatic carbocycles. The molecule has 0 bridgehead atoms. The summed E-state index contributed by atoms with van der Waals surface area (Å²) in [6, 6.07) is 8.89. The average Bonchev–Trinajstić information content (AvgIpc) is 2.94. The van der Waals surface area contributed by atoms with Gasteiger partial charge in [0.15, 0.2) is 9.84 Å². The molecule has 13 heteroatoms. The lowest BCUT2D eigenvalue weighted by molar-refractivity contribution is 0.281. The second-order valence-corrected chi connectivity index (χ2v) is 13.2. The van der Waals surface area contributed by atoms with Crippen LogP contribution >= 0.6 is 0 Å². The Morgan fingerprint density at radius 3 is 2.40 bits per heavy atom. The lowest BCUT2D eigenvalue weighted by Gasteiger charge is -2.20. The maximum absolute atomic E-state index is 15.3. The number of nitrogens with one attached hydrogen (secondary N) is 1. The number of benzene rings is 1. The van der Waals surface area contributed by atoms with Crippen molar-refractivity contribution >= 4 is 32.1 Å². The number of aromatic nitrogens is 5. The van der Waals surface area contributed by atoms with Crippen molar-refractivity contribution in [2.45, 2.75) is 37.7 Å². The molecule has 0 aliphatic heterocycles. The van der Waals surface area contributed by atoms with E-state index in [1.807, 2.05) is 20.8 Å². The van der Waals surface area contributed by atoms with Gasteiger partial charge in [-0.15, -0.1) is 0 Å². The highest BCUT2D eigenvalue weighted by atomic mass is 32.2. The van der Waals surface area contributed by atoms with Crippen LogP contribution < -0.4 is 16.4 Å². The number of halogens is 1. The van der Waals surface area contributed by atoms with Crippen molar-refractivity contribution in [3.63, 3.8) is 0 Å². The molecule has 4 aromatic heterocycles. The first-order chi connectivity index (χ1) is 20.2. The van der Waals surface area contributed by atoms with Gasteiger partial charge in [-0.05, 0) is 47.4 Å². The van der Waals surface area contributed by atoms with Gasteiger partial charge in [0.2, 0.25) is 0 Å². The topological polar surface area (TPSA) is 149 Å². The van der Waals surface area contributed by atoms with Crippen LogP contribution in [-0.4, -0.2) is 44.1 Å². The molecule has 4 heterocycles. The predicted molar refractivity (Wildman–Crippen MR) is 161 cm³/mol. The highest BCUT2D eigenvalue weighted by Gasteiger charge is 2.21. The second-order valence-electron chi connectivity index (χ2n) is 11.2. The van der Waals surface area contributed by atoms with Crippen LogP contribution in [0.4, 0.5) is 15.9 Å². The van der Waals surface area contributed by atoms with Crippen molar-refractivity contribution in [2.75, 3.05) is 11.6 Å². The molecular formula is C30H29FN6O5S. The molecule has 5 aromatic rings. The van der Waals surface area contributed by atoms with Crippen LogP contribution in [0.1, 0.15) is 31.9 Å². The number of aliphatic hydroxyl groups is 1. The Morgan fingerprint density at radius 2 is 1.77 bits per heavy atom. The third kappa shape index (κ3) is 5.68. The van der Waals surface area contributed by atoms with Gasteiger partial charge in [0.1, 0.15) is 17.3 Å². The predicted octanol–water partition coefficient (Wildman–Crippen LogP) is 3.62. The summed E-state index contributed by atoms with van der Waals surface area (Å²) < 4.78 is 41.1. The van der Waals surface area contributed by atoms with E-state index < -0.39 is 33.4 Å². The quantitative estimate of drug-likeness (QED) is 0.296. The molecule has 0 fully saturated rings. The van der Waals surface area contributed by atoms with E-state index >= 15 is 4.39 Å². The van der Waals surface area contributed by atoms with E-state index in [1.165, 1.54) is 66.7 Å². The van der Waals surface area contributed by atoms with Gasteiger partial charge in [0, 0.05) is 48.4 Å². The molecule has 5 rings (SSSR count). The molecule has 0 spiro atoms. The van der Waals surface area contributed by atoms with E-state index in [-0.39, 0.29) is 44.1 Å². The van der Waals surface area contributed by atoms with Crippen molar-refractivity contribution in [2.24, 2.45) is 7.05 Å². The van der Waals surface area contributed by atoms with E-state index in [0.717, 1.165) is 16.5 Å². The Bertz CT molecular complexity index is 2120. The van der Waals surface area contributed by atoms with Gasteiger partial charge in [-0.1, -0.05) is 20.8 Å². The van der Waals surface area contributed by atoms with Gasteiger partial charge in [-0.25, -0.2) is 17.8 Å². The zero-order chi connectivity index (χ0) is 31.3. The normalized spacial score (nSPS) is 12.1. The van der Waals surface area contributed by atoms with Gasteiger partial charge in [0.25, 0.3) is 11.1 Å². The minimum Gasteiger partial charge on any atom is -0.392 e. The Hall–Kier alpha value is -4.75. The lowest BCUT2D eigenvalue weighted by Crippen LogP contribution is -2.24. The van der Waals surface area contributed by atoms with Gasteiger partial charge >= 0.3 is 0 Å². The van der Waals surface area contributed by atoms with Gasteiger partial charge in [0.05, 0.1) is 34.5 Å². The Morgan fingerprint density at radius 1 is 1.02 bits per heavy atom. The molecule has 0 aliphatic rings. The zero-order valence-electron chi connectivity index (χ0n) is 24.1. The highest BCUT2D eigenvalue weighted by Crippen LogP contribution is 2.29. The molecular weight excluding hydrogens is 575 g/mol. The fourth-order valence-electron chi connectivity index (χ4n) is 4.67. The smallest absolute Gasteiger partial charge is 0.282 e. The van der Waals surface area contributed by atoms with E-state index in [4.69, 9.17) is 0 Å². The number of aliphatic hydroxyl groups excluding tert-OH is 1. The number of hydrogen-bond acceptors (Lipinski definition) is 9. The first kappa shape index (κ1) is 29.7. The van der Waals surface area contributed by atoms with Crippen LogP contribution in [-0.2, 0) is 28.9 Å². The maximum Gasteiger partial charge on any atom is 0.282 e. The highest BCUT2D eigenvalue weighted by molar-refractivity contribution is 7.90. The van der Waals surface area contributed by atoms with Crippen molar-refractivity contribution in [3.05, 3.63) is 98.8 Å². The monoisotopic (exact) mass is 604 g/mol. The average molecular weight is 605 g/mol. The van der Waals surface area contributed by atoms with E-state index in [9.17, 15) is 23.1 Å². The Labute approximate surface area is 246 Å². The van der Waals surface area contributed by atoms with Crippen molar-refractivity contribution < 1.29 is 17.9 Å². The SMILES string of the molecule is Cn1cc(-c2nccc(-n3ncc4cc(C(C)(C)C)cc(F)c4c3=O)c2CO)cc(Nc2ccc(S(C)(=O)=O)cn2)c1=O. The van der Waals surface area contributed by atoms with Crippen molar-refractivity contribution in [1.82, 2.24) is 24.3 Å². The van der Waals surface area contributed by atoms with Crippen molar-refractivity contribution in [3.8, 4) is 16.9 Å². The largest absolute Gasteiger partial charge is 0.392 e. The summed E-state index contributed by atoms with van der Waals surface area (Å²) in [5.41, 5.74) is 0.476.